The van der Waals surface area contributed by atoms with E-state index in [0.717, 1.165) is 36.8 Å². The fourth-order valence-electron chi connectivity index (χ4n) is 3.70. The fraction of sp³-hybridized carbons (Fsp3) is 0.455. The first-order chi connectivity index (χ1) is 12.9. The summed E-state index contributed by atoms with van der Waals surface area (Å²) in [5, 5.41) is -0.368. The predicted molar refractivity (Wildman–Crippen MR) is 112 cm³/mol. The number of nitrogens with zero attached hydrogens (tertiary/aromatic N) is 1. The van der Waals surface area contributed by atoms with Gasteiger partial charge in [-0.3, -0.25) is 0 Å². The molecule has 0 N–H and O–H groups in total. The minimum Gasteiger partial charge on any atom is -0.207 e. The number of alkyl halides is 1. The molecule has 1 atom stereocenters. The summed E-state index contributed by atoms with van der Waals surface area (Å²) in [6.07, 6.45) is 5.13. The molecule has 0 saturated heterocycles. The third kappa shape index (κ3) is 4.92. The Morgan fingerprint density at radius 2 is 1.44 bits per heavy atom. The minimum atomic E-state index is -3.58. The topological polar surface area (TPSA) is 37.4 Å². The van der Waals surface area contributed by atoms with Gasteiger partial charge in [-0.2, -0.15) is 4.31 Å². The number of benzene rings is 2. The van der Waals surface area contributed by atoms with Gasteiger partial charge in [0.15, 0.2) is 0 Å². The molecule has 3 rings (SSSR count). The number of halogens is 1. The third-order valence-corrected chi connectivity index (χ3v) is 7.71. The van der Waals surface area contributed by atoms with E-state index in [1.807, 2.05) is 50.2 Å². The Hall–Kier alpha value is -1.36. The first-order valence-corrected chi connectivity index (χ1v) is 11.5. The number of aryl methyl sites for hydroxylation is 2. The molecule has 0 bridgehead atoms. The summed E-state index contributed by atoms with van der Waals surface area (Å²) < 4.78 is 28.5. The SMILES string of the molecule is Cc1ccc([C@@H](Cl)CN(C2CCCCC2)S(=O)(=O)c2ccc(C)cc2)cc1. The van der Waals surface area contributed by atoms with Crippen molar-refractivity contribution in [1.82, 2.24) is 4.31 Å². The van der Waals surface area contributed by atoms with Crippen LogP contribution in [0.5, 0.6) is 0 Å². The van der Waals surface area contributed by atoms with Crippen LogP contribution in [0.4, 0.5) is 0 Å². The van der Waals surface area contributed by atoms with Crippen LogP contribution in [0.3, 0.4) is 0 Å². The first-order valence-electron chi connectivity index (χ1n) is 9.67. The van der Waals surface area contributed by atoms with Crippen LogP contribution in [0, 0.1) is 13.8 Å². The van der Waals surface area contributed by atoms with Crippen molar-refractivity contribution in [2.45, 2.75) is 62.3 Å². The highest BCUT2D eigenvalue weighted by Crippen LogP contribution is 2.32. The van der Waals surface area contributed by atoms with Gasteiger partial charge in [0.1, 0.15) is 0 Å². The summed E-state index contributed by atoms with van der Waals surface area (Å²) in [5.74, 6) is 0. The van der Waals surface area contributed by atoms with Gasteiger partial charge in [0.25, 0.3) is 0 Å². The second-order valence-corrected chi connectivity index (χ2v) is 9.98. The molecule has 0 unspecified atom stereocenters. The summed E-state index contributed by atoms with van der Waals surface area (Å²) in [7, 11) is -3.58. The zero-order chi connectivity index (χ0) is 19.4. The molecule has 1 fully saturated rings. The smallest absolute Gasteiger partial charge is 0.207 e. The molecule has 27 heavy (non-hydrogen) atoms. The van der Waals surface area contributed by atoms with Crippen LogP contribution in [-0.4, -0.2) is 25.3 Å². The van der Waals surface area contributed by atoms with Crippen LogP contribution in [-0.2, 0) is 10.0 Å². The Labute approximate surface area is 168 Å². The van der Waals surface area contributed by atoms with Gasteiger partial charge in [-0.15, -0.1) is 11.6 Å². The maximum absolute atomic E-state index is 13.4. The maximum atomic E-state index is 13.4. The van der Waals surface area contributed by atoms with Gasteiger partial charge < -0.3 is 0 Å². The Morgan fingerprint density at radius 1 is 0.926 bits per heavy atom. The molecule has 2 aromatic rings. The molecule has 1 aliphatic rings. The summed E-state index contributed by atoms with van der Waals surface area (Å²) in [4.78, 5) is 0.353. The summed E-state index contributed by atoms with van der Waals surface area (Å²) >= 11 is 6.69. The molecule has 0 spiro atoms. The van der Waals surface area contributed by atoms with E-state index < -0.39 is 10.0 Å². The van der Waals surface area contributed by atoms with Gasteiger partial charge in [0, 0.05) is 12.6 Å². The summed E-state index contributed by atoms with van der Waals surface area (Å²) in [5.41, 5.74) is 3.18. The predicted octanol–water partition coefficient (Wildman–Crippen LogP) is 5.61. The van der Waals surface area contributed by atoms with E-state index in [4.69, 9.17) is 11.6 Å². The van der Waals surface area contributed by atoms with Crippen molar-refractivity contribution in [1.29, 1.82) is 0 Å². The van der Waals surface area contributed by atoms with Crippen LogP contribution in [0.2, 0.25) is 0 Å². The zero-order valence-electron chi connectivity index (χ0n) is 16.1. The highest BCUT2D eigenvalue weighted by molar-refractivity contribution is 7.89. The lowest BCUT2D eigenvalue weighted by Gasteiger charge is -2.34. The van der Waals surface area contributed by atoms with Gasteiger partial charge in [-0.25, -0.2) is 8.42 Å². The largest absolute Gasteiger partial charge is 0.243 e. The van der Waals surface area contributed by atoms with Crippen molar-refractivity contribution in [3.63, 3.8) is 0 Å². The molecule has 1 aliphatic carbocycles. The summed E-state index contributed by atoms with van der Waals surface area (Å²) in [6, 6.07) is 15.2. The van der Waals surface area contributed by atoms with Crippen molar-refractivity contribution >= 4 is 21.6 Å². The second-order valence-electron chi connectivity index (χ2n) is 7.56. The molecular formula is C22H28ClNO2S. The van der Waals surface area contributed by atoms with Crippen LogP contribution < -0.4 is 0 Å². The molecule has 5 heteroatoms. The normalized spacial score (nSPS) is 17.2. The number of hydrogen-bond acceptors (Lipinski definition) is 2. The molecule has 0 radical (unpaired) electrons. The van der Waals surface area contributed by atoms with E-state index in [2.05, 4.69) is 0 Å². The average molecular weight is 406 g/mol. The third-order valence-electron chi connectivity index (χ3n) is 5.39. The Bertz CT molecular complexity index is 841. The Balaban J connectivity index is 1.90. The highest BCUT2D eigenvalue weighted by atomic mass is 35.5. The highest BCUT2D eigenvalue weighted by Gasteiger charge is 2.34. The molecule has 0 aliphatic heterocycles. The van der Waals surface area contributed by atoms with Gasteiger partial charge >= 0.3 is 0 Å². The van der Waals surface area contributed by atoms with Gasteiger partial charge in [0.05, 0.1) is 10.3 Å². The lowest BCUT2D eigenvalue weighted by atomic mass is 9.95. The van der Waals surface area contributed by atoms with Crippen molar-refractivity contribution < 1.29 is 8.42 Å². The lowest BCUT2D eigenvalue weighted by Crippen LogP contribution is -2.43. The van der Waals surface area contributed by atoms with E-state index >= 15 is 0 Å². The van der Waals surface area contributed by atoms with Gasteiger partial charge in [-0.1, -0.05) is 66.8 Å². The van der Waals surface area contributed by atoms with Crippen molar-refractivity contribution in [3.05, 3.63) is 65.2 Å². The molecule has 1 saturated carbocycles. The zero-order valence-corrected chi connectivity index (χ0v) is 17.6. The van der Waals surface area contributed by atoms with Crippen LogP contribution >= 0.6 is 11.6 Å². The number of hydrogen-bond donors (Lipinski definition) is 0. The molecule has 0 aromatic heterocycles. The average Bonchev–Trinajstić information content (AvgIpc) is 2.67. The van der Waals surface area contributed by atoms with Crippen molar-refractivity contribution in [3.8, 4) is 0 Å². The molecule has 3 nitrogen and oxygen atoms in total. The van der Waals surface area contributed by atoms with E-state index in [1.165, 1.54) is 12.0 Å². The van der Waals surface area contributed by atoms with E-state index in [-0.39, 0.29) is 11.4 Å². The molecular weight excluding hydrogens is 378 g/mol. The van der Waals surface area contributed by atoms with Gasteiger partial charge in [-0.05, 0) is 44.4 Å². The monoisotopic (exact) mass is 405 g/mol. The molecule has 146 valence electrons. The standard InChI is InChI=1S/C22H28ClNO2S/c1-17-8-12-19(13-9-17)22(23)16-24(20-6-4-3-5-7-20)27(25,26)21-14-10-18(2)11-15-21/h8-15,20,22H,3-7,16H2,1-2H3/t22-/m0/s1. The Kier molecular flexibility index (Phi) is 6.61. The van der Waals surface area contributed by atoms with E-state index in [1.54, 1.807) is 16.4 Å². The van der Waals surface area contributed by atoms with Gasteiger partial charge in [0.2, 0.25) is 10.0 Å². The molecule has 0 amide bonds. The second kappa shape index (κ2) is 8.76. The number of sulfonamides is 1. The van der Waals surface area contributed by atoms with Crippen LogP contribution in [0.1, 0.15) is 54.2 Å². The lowest BCUT2D eigenvalue weighted by molar-refractivity contribution is 0.253. The number of rotatable bonds is 6. The van der Waals surface area contributed by atoms with Crippen LogP contribution in [0.25, 0.3) is 0 Å². The quantitative estimate of drug-likeness (QED) is 0.586. The molecule has 0 heterocycles. The first kappa shape index (κ1) is 20.4. The van der Waals surface area contributed by atoms with Crippen LogP contribution in [0.15, 0.2) is 53.4 Å². The Morgan fingerprint density at radius 3 is 2.00 bits per heavy atom. The minimum absolute atomic E-state index is 0.0248. The summed E-state index contributed by atoms with van der Waals surface area (Å²) in [6.45, 7) is 4.29. The molecule has 2 aromatic carbocycles. The van der Waals surface area contributed by atoms with Crippen molar-refractivity contribution in [2.75, 3.05) is 6.54 Å². The van der Waals surface area contributed by atoms with E-state index in [0.29, 0.717) is 11.4 Å². The van der Waals surface area contributed by atoms with Crippen molar-refractivity contribution in [2.24, 2.45) is 0 Å². The van der Waals surface area contributed by atoms with E-state index in [9.17, 15) is 8.42 Å². The fourth-order valence-corrected chi connectivity index (χ4v) is 5.77. The maximum Gasteiger partial charge on any atom is 0.243 e.